The molecule has 0 bridgehead atoms. The predicted molar refractivity (Wildman–Crippen MR) is 109 cm³/mol. The van der Waals surface area contributed by atoms with Crippen LogP contribution in [0.4, 0.5) is 5.69 Å². The smallest absolute Gasteiger partial charge is 0.339 e. The standard InChI is InChI=1S/C20H25N5O5/c1-29-19(27)14-3-4-16(20(28)30-2)17(11-14)23-13-15(12-22)18(26)25-9-7-24(6-5-21)8-10-25/h3-4,11,13,23H,5-10,21H2,1-2H3/b15-13-. The summed E-state index contributed by atoms with van der Waals surface area (Å²) in [5.41, 5.74) is 5.98. The molecule has 0 saturated carbocycles. The average molecular weight is 415 g/mol. The van der Waals surface area contributed by atoms with Gasteiger partial charge < -0.3 is 25.4 Å². The molecule has 3 N–H and O–H groups in total. The fraction of sp³-hybridized carbons (Fsp3) is 0.400. The Balaban J connectivity index is 2.20. The second kappa shape index (κ2) is 10.9. The second-order valence-electron chi connectivity index (χ2n) is 6.48. The maximum Gasteiger partial charge on any atom is 0.339 e. The monoisotopic (exact) mass is 415 g/mol. The van der Waals surface area contributed by atoms with Crippen molar-refractivity contribution in [3.8, 4) is 6.07 Å². The van der Waals surface area contributed by atoms with Crippen molar-refractivity contribution in [1.29, 1.82) is 5.26 Å². The van der Waals surface area contributed by atoms with Gasteiger partial charge in [0.2, 0.25) is 0 Å². The van der Waals surface area contributed by atoms with Crippen LogP contribution in [0.3, 0.4) is 0 Å². The Hall–Kier alpha value is -3.42. The number of nitrogens with zero attached hydrogens (tertiary/aromatic N) is 3. The summed E-state index contributed by atoms with van der Waals surface area (Å²) in [5, 5.41) is 12.2. The Morgan fingerprint density at radius 2 is 1.83 bits per heavy atom. The normalized spacial score (nSPS) is 14.6. The van der Waals surface area contributed by atoms with Crippen molar-refractivity contribution in [2.75, 3.05) is 58.8 Å². The third-order valence-electron chi connectivity index (χ3n) is 4.67. The van der Waals surface area contributed by atoms with Crippen molar-refractivity contribution < 1.29 is 23.9 Å². The van der Waals surface area contributed by atoms with E-state index in [2.05, 4.69) is 15.0 Å². The van der Waals surface area contributed by atoms with Gasteiger partial charge >= 0.3 is 11.9 Å². The summed E-state index contributed by atoms with van der Waals surface area (Å²) in [6.45, 7) is 3.66. The molecule has 10 heteroatoms. The van der Waals surface area contributed by atoms with Crippen LogP contribution in [0.2, 0.25) is 0 Å². The first-order valence-corrected chi connectivity index (χ1v) is 9.34. The first-order valence-electron chi connectivity index (χ1n) is 9.34. The quantitative estimate of drug-likeness (QED) is 0.363. The van der Waals surface area contributed by atoms with Gasteiger partial charge in [0, 0.05) is 45.5 Å². The zero-order valence-electron chi connectivity index (χ0n) is 17.0. The van der Waals surface area contributed by atoms with E-state index in [9.17, 15) is 19.6 Å². The third-order valence-corrected chi connectivity index (χ3v) is 4.67. The SMILES string of the molecule is COC(=O)c1ccc(C(=O)OC)c(N/C=C(/C#N)C(=O)N2CCN(CCN)CC2)c1. The first kappa shape index (κ1) is 22.9. The fourth-order valence-electron chi connectivity index (χ4n) is 3.02. The number of piperazine rings is 1. The Morgan fingerprint density at radius 1 is 1.17 bits per heavy atom. The molecule has 10 nitrogen and oxygen atoms in total. The summed E-state index contributed by atoms with van der Waals surface area (Å²) in [4.78, 5) is 40.2. The van der Waals surface area contributed by atoms with Gasteiger partial charge in [-0.2, -0.15) is 5.26 Å². The highest BCUT2D eigenvalue weighted by Gasteiger charge is 2.23. The molecule has 1 aromatic carbocycles. The van der Waals surface area contributed by atoms with Crippen LogP contribution < -0.4 is 11.1 Å². The summed E-state index contributed by atoms with van der Waals surface area (Å²) < 4.78 is 9.42. The van der Waals surface area contributed by atoms with Gasteiger partial charge in [-0.25, -0.2) is 9.59 Å². The Labute approximate surface area is 174 Å². The van der Waals surface area contributed by atoms with Crippen LogP contribution >= 0.6 is 0 Å². The van der Waals surface area contributed by atoms with Crippen LogP contribution in [0, 0.1) is 11.3 Å². The molecule has 0 spiro atoms. The summed E-state index contributed by atoms with van der Waals surface area (Å²) in [6, 6.07) is 6.09. The highest BCUT2D eigenvalue weighted by atomic mass is 16.5. The number of rotatable bonds is 7. The minimum atomic E-state index is -0.636. The lowest BCUT2D eigenvalue weighted by molar-refractivity contribution is -0.128. The molecule has 0 unspecified atom stereocenters. The lowest BCUT2D eigenvalue weighted by atomic mass is 10.1. The summed E-state index contributed by atoms with van der Waals surface area (Å²) in [5.74, 6) is -1.64. The minimum absolute atomic E-state index is 0.124. The maximum absolute atomic E-state index is 12.7. The van der Waals surface area contributed by atoms with Crippen LogP contribution in [-0.2, 0) is 14.3 Å². The molecule has 1 heterocycles. The number of amides is 1. The highest BCUT2D eigenvalue weighted by molar-refractivity contribution is 6.00. The molecule has 1 fully saturated rings. The molecule has 0 atom stereocenters. The average Bonchev–Trinajstić information content (AvgIpc) is 2.78. The van der Waals surface area contributed by atoms with Gasteiger partial charge in [0.1, 0.15) is 11.6 Å². The number of hydrogen-bond donors (Lipinski definition) is 2. The zero-order valence-corrected chi connectivity index (χ0v) is 17.0. The van der Waals surface area contributed by atoms with Crippen molar-refractivity contribution in [3.05, 3.63) is 41.1 Å². The first-order chi connectivity index (χ1) is 14.4. The van der Waals surface area contributed by atoms with Crippen LogP contribution in [0.15, 0.2) is 30.0 Å². The van der Waals surface area contributed by atoms with E-state index in [1.165, 1.54) is 38.6 Å². The van der Waals surface area contributed by atoms with Crippen LogP contribution in [0.25, 0.3) is 0 Å². The number of carbonyl (C=O) groups excluding carboxylic acids is 3. The van der Waals surface area contributed by atoms with Gasteiger partial charge in [0.15, 0.2) is 0 Å². The number of carbonyl (C=O) groups is 3. The van der Waals surface area contributed by atoms with E-state index in [-0.39, 0.29) is 22.4 Å². The molecule has 30 heavy (non-hydrogen) atoms. The summed E-state index contributed by atoms with van der Waals surface area (Å²) in [7, 11) is 2.47. The molecular formula is C20H25N5O5. The van der Waals surface area contributed by atoms with E-state index in [1.807, 2.05) is 6.07 Å². The number of esters is 2. The Kier molecular flexibility index (Phi) is 8.34. The zero-order chi connectivity index (χ0) is 22.1. The number of hydrogen-bond acceptors (Lipinski definition) is 9. The summed E-state index contributed by atoms with van der Waals surface area (Å²) in [6.07, 6.45) is 1.22. The molecular weight excluding hydrogens is 390 g/mol. The van der Waals surface area contributed by atoms with E-state index in [4.69, 9.17) is 10.5 Å². The number of anilines is 1. The topological polar surface area (TPSA) is 138 Å². The Bertz CT molecular complexity index is 869. The van der Waals surface area contributed by atoms with E-state index in [0.29, 0.717) is 32.7 Å². The van der Waals surface area contributed by atoms with Gasteiger partial charge in [0.05, 0.1) is 31.0 Å². The largest absolute Gasteiger partial charge is 0.465 e. The van der Waals surface area contributed by atoms with Crippen molar-refractivity contribution >= 4 is 23.5 Å². The van der Waals surface area contributed by atoms with Gasteiger partial charge in [0.25, 0.3) is 5.91 Å². The molecule has 1 aliphatic rings. The van der Waals surface area contributed by atoms with Crippen LogP contribution in [0.5, 0.6) is 0 Å². The van der Waals surface area contributed by atoms with Gasteiger partial charge in [-0.15, -0.1) is 0 Å². The number of nitriles is 1. The van der Waals surface area contributed by atoms with Crippen LogP contribution in [0.1, 0.15) is 20.7 Å². The van der Waals surface area contributed by atoms with Crippen LogP contribution in [-0.4, -0.2) is 81.1 Å². The molecule has 0 aromatic heterocycles. The van der Waals surface area contributed by atoms with Crippen molar-refractivity contribution in [2.45, 2.75) is 0 Å². The van der Waals surface area contributed by atoms with Gasteiger partial charge in [-0.3, -0.25) is 9.69 Å². The van der Waals surface area contributed by atoms with Crippen molar-refractivity contribution in [3.63, 3.8) is 0 Å². The number of benzene rings is 1. The van der Waals surface area contributed by atoms with Crippen molar-refractivity contribution in [2.24, 2.45) is 5.73 Å². The molecule has 1 aliphatic heterocycles. The Morgan fingerprint density at radius 3 is 2.40 bits per heavy atom. The fourth-order valence-corrected chi connectivity index (χ4v) is 3.02. The predicted octanol–water partition coefficient (Wildman–Crippen LogP) is 0.182. The second-order valence-corrected chi connectivity index (χ2v) is 6.48. The van der Waals surface area contributed by atoms with E-state index in [0.717, 1.165) is 6.54 Å². The highest BCUT2D eigenvalue weighted by Crippen LogP contribution is 2.20. The summed E-state index contributed by atoms with van der Waals surface area (Å²) >= 11 is 0. The molecule has 0 aliphatic carbocycles. The number of nitrogens with one attached hydrogen (secondary N) is 1. The molecule has 0 radical (unpaired) electrons. The molecule has 1 aromatic rings. The molecule has 160 valence electrons. The van der Waals surface area contributed by atoms with E-state index < -0.39 is 17.8 Å². The molecule has 1 amide bonds. The number of ether oxygens (including phenoxy) is 2. The van der Waals surface area contributed by atoms with E-state index in [1.54, 1.807) is 4.90 Å². The number of methoxy groups -OCH3 is 2. The molecule has 2 rings (SSSR count). The van der Waals surface area contributed by atoms with Gasteiger partial charge in [-0.05, 0) is 18.2 Å². The minimum Gasteiger partial charge on any atom is -0.465 e. The lowest BCUT2D eigenvalue weighted by Gasteiger charge is -2.34. The number of nitrogens with two attached hydrogens (primary N) is 1. The van der Waals surface area contributed by atoms with E-state index >= 15 is 0 Å². The third kappa shape index (κ3) is 5.56. The van der Waals surface area contributed by atoms with Gasteiger partial charge in [-0.1, -0.05) is 0 Å². The molecule has 1 saturated heterocycles. The maximum atomic E-state index is 12.7. The van der Waals surface area contributed by atoms with Crippen molar-refractivity contribution in [1.82, 2.24) is 9.80 Å². The lowest BCUT2D eigenvalue weighted by Crippen LogP contribution is -2.50.